The van der Waals surface area contributed by atoms with Crippen molar-refractivity contribution in [3.05, 3.63) is 29.8 Å². The fourth-order valence-electron chi connectivity index (χ4n) is 2.78. The number of esters is 1. The van der Waals surface area contributed by atoms with Gasteiger partial charge in [0, 0.05) is 18.8 Å². The molecule has 1 saturated heterocycles. The molecule has 0 aliphatic carbocycles. The minimum Gasteiger partial charge on any atom is -0.466 e. The normalized spacial score (nSPS) is 17.9. The molecule has 0 aromatic heterocycles. The number of nitrogens with zero attached hydrogens (tertiary/aromatic N) is 1. The Morgan fingerprint density at radius 1 is 1.27 bits per heavy atom. The Hall–Kier alpha value is -1.59. The number of benzene rings is 1. The standard InChI is InChI=1S/C17H25NO4/c1-2-22-16(20)12-15(19)17(21)13-7-6-8-14(11-13)18-9-4-3-5-10-18/h6-8,11,15,17,19,21H,2-5,9-10,12H2,1H3. The van der Waals surface area contributed by atoms with E-state index in [-0.39, 0.29) is 13.0 Å². The van der Waals surface area contributed by atoms with Crippen LogP contribution >= 0.6 is 0 Å². The van der Waals surface area contributed by atoms with Crippen LogP contribution in [0.15, 0.2) is 24.3 Å². The summed E-state index contributed by atoms with van der Waals surface area (Å²) in [6.07, 6.45) is 1.17. The molecule has 0 radical (unpaired) electrons. The van der Waals surface area contributed by atoms with E-state index in [1.807, 2.05) is 18.2 Å². The number of carbonyl (C=O) groups is 1. The summed E-state index contributed by atoms with van der Waals surface area (Å²) in [5, 5.41) is 20.3. The van der Waals surface area contributed by atoms with Crippen molar-refractivity contribution in [3.63, 3.8) is 0 Å². The van der Waals surface area contributed by atoms with Gasteiger partial charge in [0.1, 0.15) is 6.10 Å². The molecule has 1 aromatic rings. The molecule has 2 rings (SSSR count). The summed E-state index contributed by atoms with van der Waals surface area (Å²) in [6, 6.07) is 7.55. The molecule has 0 spiro atoms. The van der Waals surface area contributed by atoms with Crippen LogP contribution in [0.1, 0.15) is 44.3 Å². The second-order valence-corrected chi connectivity index (χ2v) is 5.66. The average molecular weight is 307 g/mol. The second-order valence-electron chi connectivity index (χ2n) is 5.66. The lowest BCUT2D eigenvalue weighted by molar-refractivity contribution is -0.147. The van der Waals surface area contributed by atoms with Gasteiger partial charge in [-0.2, -0.15) is 0 Å². The zero-order valence-electron chi connectivity index (χ0n) is 13.1. The number of hydrogen-bond donors (Lipinski definition) is 2. The molecule has 0 amide bonds. The van der Waals surface area contributed by atoms with Crippen molar-refractivity contribution in [1.82, 2.24) is 0 Å². The Labute approximate surface area is 131 Å². The van der Waals surface area contributed by atoms with Crippen LogP contribution in [0.4, 0.5) is 5.69 Å². The van der Waals surface area contributed by atoms with Gasteiger partial charge in [-0.3, -0.25) is 4.79 Å². The molecule has 1 aliphatic rings. The Kier molecular flexibility index (Phi) is 6.21. The molecule has 1 heterocycles. The number of aliphatic hydroxyl groups excluding tert-OH is 2. The summed E-state index contributed by atoms with van der Waals surface area (Å²) in [6.45, 7) is 4.02. The molecule has 5 nitrogen and oxygen atoms in total. The first-order chi connectivity index (χ1) is 10.6. The number of rotatable bonds is 6. The topological polar surface area (TPSA) is 70.0 Å². The minimum atomic E-state index is -1.16. The fourth-order valence-corrected chi connectivity index (χ4v) is 2.78. The van der Waals surface area contributed by atoms with Gasteiger partial charge in [-0.25, -0.2) is 0 Å². The third-order valence-electron chi connectivity index (χ3n) is 3.98. The van der Waals surface area contributed by atoms with Crippen molar-refractivity contribution in [2.24, 2.45) is 0 Å². The molecule has 22 heavy (non-hydrogen) atoms. The van der Waals surface area contributed by atoms with Gasteiger partial charge < -0.3 is 19.8 Å². The molecule has 5 heteroatoms. The van der Waals surface area contributed by atoms with Gasteiger partial charge in [0.2, 0.25) is 0 Å². The third-order valence-corrected chi connectivity index (χ3v) is 3.98. The monoisotopic (exact) mass is 307 g/mol. The van der Waals surface area contributed by atoms with Crippen LogP contribution in [0.25, 0.3) is 0 Å². The zero-order chi connectivity index (χ0) is 15.9. The summed E-state index contributed by atoms with van der Waals surface area (Å²) in [5.41, 5.74) is 1.68. The summed E-state index contributed by atoms with van der Waals surface area (Å²) < 4.78 is 4.80. The minimum absolute atomic E-state index is 0.205. The van der Waals surface area contributed by atoms with E-state index in [0.29, 0.717) is 5.56 Å². The highest BCUT2D eigenvalue weighted by Crippen LogP contribution is 2.26. The SMILES string of the molecule is CCOC(=O)CC(O)C(O)c1cccc(N2CCCCC2)c1. The van der Waals surface area contributed by atoms with E-state index in [0.717, 1.165) is 18.8 Å². The molecule has 2 unspecified atom stereocenters. The molecule has 0 saturated carbocycles. The summed E-state index contributed by atoms with van der Waals surface area (Å²) in [7, 11) is 0. The van der Waals surface area contributed by atoms with Crippen LogP contribution in [-0.2, 0) is 9.53 Å². The Morgan fingerprint density at radius 3 is 2.68 bits per heavy atom. The first-order valence-electron chi connectivity index (χ1n) is 7.98. The maximum absolute atomic E-state index is 11.4. The second kappa shape index (κ2) is 8.15. The summed E-state index contributed by atoms with van der Waals surface area (Å²) >= 11 is 0. The van der Waals surface area contributed by atoms with Crippen LogP contribution in [-0.4, -0.2) is 42.0 Å². The van der Waals surface area contributed by atoms with E-state index in [1.54, 1.807) is 13.0 Å². The van der Waals surface area contributed by atoms with E-state index in [2.05, 4.69) is 4.90 Å². The van der Waals surface area contributed by atoms with Crippen molar-refractivity contribution in [3.8, 4) is 0 Å². The molecule has 1 aliphatic heterocycles. The van der Waals surface area contributed by atoms with Gasteiger partial charge in [0.25, 0.3) is 0 Å². The highest BCUT2D eigenvalue weighted by molar-refractivity contribution is 5.70. The van der Waals surface area contributed by atoms with Crippen molar-refractivity contribution >= 4 is 11.7 Å². The quantitative estimate of drug-likeness (QED) is 0.787. The Morgan fingerprint density at radius 2 is 2.00 bits per heavy atom. The van der Waals surface area contributed by atoms with Crippen LogP contribution in [0.5, 0.6) is 0 Å². The van der Waals surface area contributed by atoms with Crippen LogP contribution in [0, 0.1) is 0 Å². The number of aliphatic hydroxyl groups is 2. The summed E-state index contributed by atoms with van der Waals surface area (Å²) in [5.74, 6) is -0.499. The molecule has 122 valence electrons. The van der Waals surface area contributed by atoms with E-state index >= 15 is 0 Å². The van der Waals surface area contributed by atoms with Gasteiger partial charge >= 0.3 is 5.97 Å². The van der Waals surface area contributed by atoms with Crippen LogP contribution < -0.4 is 4.90 Å². The number of piperidine rings is 1. The zero-order valence-corrected chi connectivity index (χ0v) is 13.1. The van der Waals surface area contributed by atoms with E-state index in [4.69, 9.17) is 4.74 Å². The predicted molar refractivity (Wildman–Crippen MR) is 84.7 cm³/mol. The van der Waals surface area contributed by atoms with Crippen molar-refractivity contribution in [2.75, 3.05) is 24.6 Å². The van der Waals surface area contributed by atoms with Crippen LogP contribution in [0.2, 0.25) is 0 Å². The predicted octanol–water partition coefficient (Wildman–Crippen LogP) is 2.02. The maximum atomic E-state index is 11.4. The van der Waals surface area contributed by atoms with Gasteiger partial charge in [-0.1, -0.05) is 12.1 Å². The largest absolute Gasteiger partial charge is 0.466 e. The summed E-state index contributed by atoms with van der Waals surface area (Å²) in [4.78, 5) is 13.7. The number of carbonyl (C=O) groups excluding carboxylic acids is 1. The van der Waals surface area contributed by atoms with Gasteiger partial charge in [0.05, 0.1) is 19.1 Å². The molecule has 2 atom stereocenters. The lowest BCUT2D eigenvalue weighted by Crippen LogP contribution is -2.29. The van der Waals surface area contributed by atoms with Crippen LogP contribution in [0.3, 0.4) is 0 Å². The third kappa shape index (κ3) is 4.45. The van der Waals surface area contributed by atoms with Crippen molar-refractivity contribution in [2.45, 2.75) is 44.8 Å². The van der Waals surface area contributed by atoms with Gasteiger partial charge in [-0.05, 0) is 43.9 Å². The average Bonchev–Trinajstić information content (AvgIpc) is 2.55. The lowest BCUT2D eigenvalue weighted by atomic mass is 10.0. The van der Waals surface area contributed by atoms with Crippen molar-refractivity contribution < 1.29 is 19.7 Å². The highest BCUT2D eigenvalue weighted by atomic mass is 16.5. The molecular formula is C17H25NO4. The Balaban J connectivity index is 2.02. The first-order valence-corrected chi connectivity index (χ1v) is 7.98. The number of hydrogen-bond acceptors (Lipinski definition) is 5. The van der Waals surface area contributed by atoms with E-state index < -0.39 is 18.2 Å². The first kappa shape index (κ1) is 16.8. The fraction of sp³-hybridized carbons (Fsp3) is 0.588. The van der Waals surface area contributed by atoms with Gasteiger partial charge in [0.15, 0.2) is 0 Å². The molecular weight excluding hydrogens is 282 g/mol. The lowest BCUT2D eigenvalue weighted by Gasteiger charge is -2.29. The van der Waals surface area contributed by atoms with Crippen molar-refractivity contribution in [1.29, 1.82) is 0 Å². The molecule has 2 N–H and O–H groups in total. The molecule has 0 bridgehead atoms. The van der Waals surface area contributed by atoms with E-state index in [9.17, 15) is 15.0 Å². The van der Waals surface area contributed by atoms with Gasteiger partial charge in [-0.15, -0.1) is 0 Å². The molecule has 1 aromatic carbocycles. The number of anilines is 1. The highest BCUT2D eigenvalue weighted by Gasteiger charge is 2.23. The Bertz CT molecular complexity index is 485. The smallest absolute Gasteiger partial charge is 0.308 e. The molecule has 1 fully saturated rings. The number of ether oxygens (including phenoxy) is 1. The maximum Gasteiger partial charge on any atom is 0.308 e. The van der Waals surface area contributed by atoms with E-state index in [1.165, 1.54) is 19.3 Å².